The van der Waals surface area contributed by atoms with Crippen LogP contribution in [0.15, 0.2) is 11.1 Å². The van der Waals surface area contributed by atoms with Gasteiger partial charge in [0, 0.05) is 0 Å². The minimum Gasteiger partial charge on any atom is -0.298 e. The van der Waals surface area contributed by atoms with Crippen molar-refractivity contribution in [3.05, 3.63) is 11.1 Å². The van der Waals surface area contributed by atoms with Crippen LogP contribution in [0, 0.1) is 0 Å². The predicted molar refractivity (Wildman–Crippen MR) is 60.3 cm³/mol. The molecule has 0 unspecified atom stereocenters. The molecule has 1 aliphatic carbocycles. The van der Waals surface area contributed by atoms with E-state index in [2.05, 4.69) is 6.92 Å². The Hall–Kier alpha value is -0.590. The van der Waals surface area contributed by atoms with Crippen molar-refractivity contribution in [2.45, 2.75) is 64.7 Å². The summed E-state index contributed by atoms with van der Waals surface area (Å²) in [6.07, 6.45) is 12.1. The van der Waals surface area contributed by atoms with Crippen LogP contribution >= 0.6 is 0 Å². The first-order valence-corrected chi connectivity index (χ1v) is 6.04. The SMILES string of the molecule is CCCCC(C=O)=C1CCCCCC1. The molecule has 80 valence electrons. The zero-order chi connectivity index (χ0) is 10.2. The van der Waals surface area contributed by atoms with E-state index in [9.17, 15) is 4.79 Å². The molecule has 0 aromatic heterocycles. The summed E-state index contributed by atoms with van der Waals surface area (Å²) in [4.78, 5) is 11.0. The maximum Gasteiger partial charge on any atom is 0.145 e. The van der Waals surface area contributed by atoms with E-state index in [0.717, 1.165) is 24.7 Å². The Morgan fingerprint density at radius 1 is 1.21 bits per heavy atom. The highest BCUT2D eigenvalue weighted by Gasteiger charge is 2.09. The van der Waals surface area contributed by atoms with Gasteiger partial charge in [-0.15, -0.1) is 0 Å². The van der Waals surface area contributed by atoms with Crippen molar-refractivity contribution in [2.75, 3.05) is 0 Å². The zero-order valence-electron chi connectivity index (χ0n) is 9.35. The van der Waals surface area contributed by atoms with Gasteiger partial charge >= 0.3 is 0 Å². The number of unbranched alkanes of at least 4 members (excludes halogenated alkanes) is 1. The lowest BCUT2D eigenvalue weighted by atomic mass is 9.98. The second-order valence-corrected chi connectivity index (χ2v) is 4.26. The fourth-order valence-electron chi connectivity index (χ4n) is 2.16. The van der Waals surface area contributed by atoms with E-state index in [4.69, 9.17) is 0 Å². The highest BCUT2D eigenvalue weighted by atomic mass is 16.1. The van der Waals surface area contributed by atoms with Crippen molar-refractivity contribution in [3.8, 4) is 0 Å². The number of carbonyl (C=O) groups is 1. The largest absolute Gasteiger partial charge is 0.298 e. The lowest BCUT2D eigenvalue weighted by Crippen LogP contribution is -1.94. The molecule has 1 nitrogen and oxygen atoms in total. The molecule has 1 fully saturated rings. The van der Waals surface area contributed by atoms with Crippen molar-refractivity contribution in [1.29, 1.82) is 0 Å². The number of rotatable bonds is 4. The zero-order valence-corrected chi connectivity index (χ0v) is 9.35. The maximum atomic E-state index is 11.0. The van der Waals surface area contributed by atoms with Crippen molar-refractivity contribution in [2.24, 2.45) is 0 Å². The molecule has 1 heteroatoms. The van der Waals surface area contributed by atoms with E-state index in [1.165, 1.54) is 50.5 Å². The quantitative estimate of drug-likeness (QED) is 0.375. The van der Waals surface area contributed by atoms with Crippen LogP contribution in [0.4, 0.5) is 0 Å². The summed E-state index contributed by atoms with van der Waals surface area (Å²) in [7, 11) is 0. The molecule has 1 aliphatic rings. The minimum atomic E-state index is 1.01. The summed E-state index contributed by atoms with van der Waals surface area (Å²) in [6.45, 7) is 2.18. The van der Waals surface area contributed by atoms with Gasteiger partial charge in [0.25, 0.3) is 0 Å². The molecule has 0 radical (unpaired) electrons. The van der Waals surface area contributed by atoms with Crippen molar-refractivity contribution in [1.82, 2.24) is 0 Å². The Morgan fingerprint density at radius 3 is 2.36 bits per heavy atom. The Kier molecular flexibility index (Phi) is 5.58. The normalized spacial score (nSPS) is 17.6. The topological polar surface area (TPSA) is 17.1 Å². The van der Waals surface area contributed by atoms with Crippen molar-refractivity contribution >= 4 is 6.29 Å². The van der Waals surface area contributed by atoms with Gasteiger partial charge in [0.2, 0.25) is 0 Å². The average molecular weight is 194 g/mol. The van der Waals surface area contributed by atoms with Gasteiger partial charge in [-0.05, 0) is 44.1 Å². The smallest absolute Gasteiger partial charge is 0.145 e. The van der Waals surface area contributed by atoms with Crippen LogP contribution < -0.4 is 0 Å². The number of aldehydes is 1. The number of hydrogen-bond donors (Lipinski definition) is 0. The van der Waals surface area contributed by atoms with Crippen LogP contribution in [0.25, 0.3) is 0 Å². The standard InChI is InChI=1S/C13H22O/c1-2-3-8-13(11-14)12-9-6-4-5-7-10-12/h11H,2-10H2,1H3. The second kappa shape index (κ2) is 6.80. The molecule has 0 spiro atoms. The molecule has 0 heterocycles. The molecule has 0 aliphatic heterocycles. The maximum absolute atomic E-state index is 11.0. The fourth-order valence-corrected chi connectivity index (χ4v) is 2.16. The number of carbonyl (C=O) groups excluding carboxylic acids is 1. The van der Waals surface area contributed by atoms with Gasteiger partial charge in [0.1, 0.15) is 6.29 Å². The van der Waals surface area contributed by atoms with Gasteiger partial charge in [0.05, 0.1) is 0 Å². The van der Waals surface area contributed by atoms with E-state index < -0.39 is 0 Å². The average Bonchev–Trinajstić information content (AvgIpc) is 2.48. The first-order chi connectivity index (χ1) is 6.88. The molecular formula is C13H22O. The highest BCUT2D eigenvalue weighted by Crippen LogP contribution is 2.26. The monoisotopic (exact) mass is 194 g/mol. The molecule has 0 amide bonds. The molecular weight excluding hydrogens is 172 g/mol. The van der Waals surface area contributed by atoms with Crippen LogP contribution in [0.2, 0.25) is 0 Å². The molecule has 0 aromatic rings. The van der Waals surface area contributed by atoms with Gasteiger partial charge < -0.3 is 0 Å². The van der Waals surface area contributed by atoms with Crippen molar-refractivity contribution < 1.29 is 4.79 Å². The van der Waals surface area contributed by atoms with E-state index in [1.807, 2.05) is 0 Å². The van der Waals surface area contributed by atoms with Crippen LogP contribution in [-0.2, 0) is 4.79 Å². The Balaban J connectivity index is 2.58. The molecule has 0 N–H and O–H groups in total. The van der Waals surface area contributed by atoms with E-state index >= 15 is 0 Å². The van der Waals surface area contributed by atoms with Crippen LogP contribution in [0.1, 0.15) is 64.7 Å². The van der Waals surface area contributed by atoms with Gasteiger partial charge in [-0.25, -0.2) is 0 Å². The Morgan fingerprint density at radius 2 is 1.86 bits per heavy atom. The summed E-state index contributed by atoms with van der Waals surface area (Å²) in [5.41, 5.74) is 2.58. The fraction of sp³-hybridized carbons (Fsp3) is 0.769. The van der Waals surface area contributed by atoms with Gasteiger partial charge in [-0.2, -0.15) is 0 Å². The summed E-state index contributed by atoms with van der Waals surface area (Å²) in [5.74, 6) is 0. The molecule has 1 saturated carbocycles. The van der Waals surface area contributed by atoms with Gasteiger partial charge in [-0.1, -0.05) is 31.8 Å². The third-order valence-electron chi connectivity index (χ3n) is 3.10. The van der Waals surface area contributed by atoms with E-state index in [0.29, 0.717) is 0 Å². The summed E-state index contributed by atoms with van der Waals surface area (Å²) >= 11 is 0. The summed E-state index contributed by atoms with van der Waals surface area (Å²) in [5, 5.41) is 0. The van der Waals surface area contributed by atoms with Crippen LogP contribution in [0.5, 0.6) is 0 Å². The predicted octanol–water partition coefficient (Wildman–Crippen LogP) is 4.03. The van der Waals surface area contributed by atoms with Gasteiger partial charge in [-0.3, -0.25) is 4.79 Å². The van der Waals surface area contributed by atoms with E-state index in [1.54, 1.807) is 0 Å². The molecule has 14 heavy (non-hydrogen) atoms. The Bertz CT molecular complexity index is 193. The molecule has 0 atom stereocenters. The van der Waals surface area contributed by atoms with Crippen LogP contribution in [-0.4, -0.2) is 6.29 Å². The third-order valence-corrected chi connectivity index (χ3v) is 3.10. The van der Waals surface area contributed by atoms with Crippen LogP contribution in [0.3, 0.4) is 0 Å². The summed E-state index contributed by atoms with van der Waals surface area (Å²) in [6, 6.07) is 0. The lowest BCUT2D eigenvalue weighted by molar-refractivity contribution is -0.105. The highest BCUT2D eigenvalue weighted by molar-refractivity contribution is 5.74. The Labute approximate surface area is 87.6 Å². The van der Waals surface area contributed by atoms with Crippen molar-refractivity contribution in [3.63, 3.8) is 0 Å². The number of allylic oxidation sites excluding steroid dienone is 2. The first kappa shape index (κ1) is 11.5. The molecule has 0 aromatic carbocycles. The lowest BCUT2D eigenvalue weighted by Gasteiger charge is -2.07. The third kappa shape index (κ3) is 3.65. The second-order valence-electron chi connectivity index (χ2n) is 4.26. The van der Waals surface area contributed by atoms with Gasteiger partial charge in [0.15, 0.2) is 0 Å². The van der Waals surface area contributed by atoms with E-state index in [-0.39, 0.29) is 0 Å². The minimum absolute atomic E-state index is 1.01. The molecule has 0 bridgehead atoms. The number of hydrogen-bond acceptors (Lipinski definition) is 1. The summed E-state index contributed by atoms with van der Waals surface area (Å²) < 4.78 is 0. The first-order valence-electron chi connectivity index (χ1n) is 6.04. The molecule has 1 rings (SSSR count). The molecule has 0 saturated heterocycles.